The molecule has 3 heterocycles. The second-order valence-corrected chi connectivity index (χ2v) is 6.46. The maximum Gasteiger partial charge on any atom is 0.329 e. The first-order valence-electron chi connectivity index (χ1n) is 8.85. The van der Waals surface area contributed by atoms with Crippen LogP contribution in [-0.2, 0) is 13.6 Å². The minimum Gasteiger partial charge on any atom is -0.340 e. The van der Waals surface area contributed by atoms with Crippen LogP contribution in [0.3, 0.4) is 0 Å². The van der Waals surface area contributed by atoms with Gasteiger partial charge in [0.15, 0.2) is 11.2 Å². The van der Waals surface area contributed by atoms with Crippen molar-refractivity contribution in [2.24, 2.45) is 7.05 Å². The van der Waals surface area contributed by atoms with Crippen LogP contribution in [0.1, 0.15) is 6.92 Å². The number of imidazole rings is 1. The molecule has 136 valence electrons. The molecule has 1 fully saturated rings. The SMILES string of the molecule is CCn1c(N2CCNCC2)nc2c1c(=O)[nH]c(=O)n2C.c1cc2cc-2c1. The number of anilines is 1. The van der Waals surface area contributed by atoms with Gasteiger partial charge in [0, 0.05) is 39.8 Å². The normalized spacial score (nSPS) is 14.9. The van der Waals surface area contributed by atoms with Crippen LogP contribution < -0.4 is 21.5 Å². The first kappa shape index (κ1) is 16.6. The summed E-state index contributed by atoms with van der Waals surface area (Å²) in [6.07, 6.45) is 0. The molecule has 2 aromatic rings. The largest absolute Gasteiger partial charge is 0.340 e. The molecule has 2 aromatic heterocycles. The maximum atomic E-state index is 12.1. The van der Waals surface area contributed by atoms with Crippen LogP contribution in [0.2, 0.25) is 0 Å². The molecule has 2 aliphatic carbocycles. The van der Waals surface area contributed by atoms with Gasteiger partial charge in [-0.15, -0.1) is 0 Å². The highest BCUT2D eigenvalue weighted by Gasteiger charge is 2.21. The molecule has 1 aliphatic heterocycles. The lowest BCUT2D eigenvalue weighted by molar-refractivity contribution is 0.569. The van der Waals surface area contributed by atoms with Crippen LogP contribution in [0.4, 0.5) is 5.95 Å². The molecule has 0 amide bonds. The minimum atomic E-state index is -0.435. The first-order chi connectivity index (χ1) is 12.6. The number of benzene rings is 1. The van der Waals surface area contributed by atoms with Gasteiger partial charge in [0.2, 0.25) is 5.95 Å². The predicted molar refractivity (Wildman–Crippen MR) is 102 cm³/mol. The Hall–Kier alpha value is -2.87. The van der Waals surface area contributed by atoms with E-state index >= 15 is 0 Å². The van der Waals surface area contributed by atoms with Gasteiger partial charge in [0.1, 0.15) is 0 Å². The predicted octanol–water partition coefficient (Wildman–Crippen LogP) is 0.520. The molecule has 26 heavy (non-hydrogen) atoms. The zero-order chi connectivity index (χ0) is 18.3. The Morgan fingerprint density at radius 1 is 1.15 bits per heavy atom. The topological polar surface area (TPSA) is 88.0 Å². The number of hydrogen-bond donors (Lipinski definition) is 2. The van der Waals surface area contributed by atoms with Gasteiger partial charge in [-0.25, -0.2) is 4.79 Å². The molecule has 0 aromatic carbocycles. The van der Waals surface area contributed by atoms with Crippen LogP contribution in [0.25, 0.3) is 22.3 Å². The molecule has 8 nitrogen and oxygen atoms in total. The highest BCUT2D eigenvalue weighted by atomic mass is 16.2. The van der Waals surface area contributed by atoms with E-state index in [0.717, 1.165) is 32.1 Å². The molecule has 0 unspecified atom stereocenters. The van der Waals surface area contributed by atoms with Crippen molar-refractivity contribution >= 4 is 17.1 Å². The Labute approximate surface area is 150 Å². The van der Waals surface area contributed by atoms with Crippen molar-refractivity contribution in [1.82, 2.24) is 24.4 Å². The number of rotatable bonds is 2. The van der Waals surface area contributed by atoms with E-state index in [1.165, 1.54) is 15.7 Å². The van der Waals surface area contributed by atoms with Gasteiger partial charge in [-0.2, -0.15) is 4.98 Å². The second-order valence-electron chi connectivity index (χ2n) is 6.46. The molecule has 1 saturated heterocycles. The number of fused-ring (bicyclic) bond motifs is 2. The Kier molecular flexibility index (Phi) is 4.12. The van der Waals surface area contributed by atoms with Crippen molar-refractivity contribution in [2.75, 3.05) is 31.1 Å². The van der Waals surface area contributed by atoms with Gasteiger partial charge in [-0.05, 0) is 24.1 Å². The highest BCUT2D eigenvalue weighted by Crippen LogP contribution is 2.32. The molecule has 0 bridgehead atoms. The molecule has 3 aliphatic rings. The van der Waals surface area contributed by atoms with Crippen LogP contribution in [0.5, 0.6) is 0 Å². The van der Waals surface area contributed by atoms with Crippen LogP contribution in [0.15, 0.2) is 33.9 Å². The van der Waals surface area contributed by atoms with E-state index in [-0.39, 0.29) is 5.56 Å². The quantitative estimate of drug-likeness (QED) is 0.548. The fourth-order valence-corrected chi connectivity index (χ4v) is 3.30. The summed E-state index contributed by atoms with van der Waals surface area (Å²) in [6, 6.07) is 8.48. The van der Waals surface area contributed by atoms with Crippen molar-refractivity contribution < 1.29 is 0 Å². The van der Waals surface area contributed by atoms with Gasteiger partial charge in [-0.1, -0.05) is 18.2 Å². The third-order valence-electron chi connectivity index (χ3n) is 4.82. The summed E-state index contributed by atoms with van der Waals surface area (Å²) >= 11 is 0. The zero-order valence-corrected chi connectivity index (χ0v) is 15.0. The minimum absolute atomic E-state index is 0.376. The molecule has 0 radical (unpaired) electrons. The van der Waals surface area contributed by atoms with Gasteiger partial charge < -0.3 is 14.8 Å². The molecule has 0 atom stereocenters. The Morgan fingerprint density at radius 3 is 2.38 bits per heavy atom. The van der Waals surface area contributed by atoms with Crippen LogP contribution >= 0.6 is 0 Å². The van der Waals surface area contributed by atoms with E-state index in [0.29, 0.717) is 17.7 Å². The van der Waals surface area contributed by atoms with Crippen molar-refractivity contribution in [3.63, 3.8) is 0 Å². The summed E-state index contributed by atoms with van der Waals surface area (Å²) in [5, 5.41) is 3.29. The smallest absolute Gasteiger partial charge is 0.329 e. The molecular weight excluding hydrogens is 332 g/mol. The van der Waals surface area contributed by atoms with Gasteiger partial charge >= 0.3 is 5.69 Å². The standard InChI is InChI=1S/C12H18N6O2.C6H4/c1-3-18-8-9(16(2)12(20)15-10(8)19)14-11(18)17-6-4-13-5-7-17;1-2-5-4-6(5)3-1/h13H,3-7H2,1-2H3,(H,15,19,20);1-4H. The molecule has 0 spiro atoms. The van der Waals surface area contributed by atoms with Crippen LogP contribution in [-0.4, -0.2) is 45.3 Å². The number of hydrogen-bond acceptors (Lipinski definition) is 5. The number of nitrogens with zero attached hydrogens (tertiary/aromatic N) is 4. The van der Waals surface area contributed by atoms with Gasteiger partial charge in [-0.3, -0.25) is 14.3 Å². The number of nitrogens with one attached hydrogen (secondary N) is 2. The van der Waals surface area contributed by atoms with Gasteiger partial charge in [0.05, 0.1) is 0 Å². The maximum absolute atomic E-state index is 12.1. The summed E-state index contributed by atoms with van der Waals surface area (Å²) in [7, 11) is 1.62. The zero-order valence-electron chi connectivity index (χ0n) is 15.0. The summed E-state index contributed by atoms with van der Waals surface area (Å²) < 4.78 is 3.26. The fourth-order valence-electron chi connectivity index (χ4n) is 3.30. The van der Waals surface area contributed by atoms with Gasteiger partial charge in [0.25, 0.3) is 5.56 Å². The second kappa shape index (κ2) is 6.45. The lowest BCUT2D eigenvalue weighted by atomic mass is 10.4. The fraction of sp³-hybridized carbons (Fsp3) is 0.389. The van der Waals surface area contributed by atoms with E-state index in [4.69, 9.17) is 0 Å². The third-order valence-corrected chi connectivity index (χ3v) is 4.82. The average Bonchev–Trinajstić information content (AvgIpc) is 3.08. The van der Waals surface area contributed by atoms with Crippen molar-refractivity contribution in [3.05, 3.63) is 45.1 Å². The van der Waals surface area contributed by atoms with E-state index < -0.39 is 5.69 Å². The summed E-state index contributed by atoms with van der Waals surface area (Å²) in [5.74, 6) is 0.760. The van der Waals surface area contributed by atoms with E-state index in [1.54, 1.807) is 7.05 Å². The Bertz CT molecular complexity index is 1050. The lowest BCUT2D eigenvalue weighted by Crippen LogP contribution is -2.44. The first-order valence-corrected chi connectivity index (χ1v) is 8.85. The monoisotopic (exact) mass is 354 g/mol. The highest BCUT2D eigenvalue weighted by molar-refractivity contribution is 5.80. The molecule has 5 rings (SSSR count). The summed E-state index contributed by atoms with van der Waals surface area (Å²) in [6.45, 7) is 6.07. The third kappa shape index (κ3) is 2.82. The molecule has 8 heteroatoms. The van der Waals surface area contributed by atoms with Crippen LogP contribution in [0, 0.1) is 0 Å². The van der Waals surface area contributed by atoms with E-state index in [1.807, 2.05) is 11.5 Å². The average molecular weight is 354 g/mol. The number of piperazine rings is 1. The Morgan fingerprint density at radius 2 is 1.85 bits per heavy atom. The number of aromatic amines is 1. The summed E-state index contributed by atoms with van der Waals surface area (Å²) in [5.41, 5.74) is 2.94. The van der Waals surface area contributed by atoms with Crippen molar-refractivity contribution in [1.29, 1.82) is 0 Å². The van der Waals surface area contributed by atoms with Crippen molar-refractivity contribution in [3.8, 4) is 11.1 Å². The lowest BCUT2D eigenvalue weighted by Gasteiger charge is -2.28. The number of aryl methyl sites for hydroxylation is 2. The number of aromatic nitrogens is 4. The molecule has 2 N–H and O–H groups in total. The molecular formula is C18H22N6O2. The number of H-pyrrole nitrogens is 1. The van der Waals surface area contributed by atoms with Crippen molar-refractivity contribution in [2.45, 2.75) is 13.5 Å². The van der Waals surface area contributed by atoms with E-state index in [2.05, 4.69) is 44.5 Å². The molecule has 0 saturated carbocycles. The van der Waals surface area contributed by atoms with E-state index in [9.17, 15) is 9.59 Å². The summed E-state index contributed by atoms with van der Waals surface area (Å²) in [4.78, 5) is 32.7. The Balaban J connectivity index is 0.000000233.